The predicted octanol–water partition coefficient (Wildman–Crippen LogP) is 3.44. The molecular weight excluding hydrogens is 244 g/mol. The molecule has 2 nitrogen and oxygen atoms in total. The van der Waals surface area contributed by atoms with E-state index in [4.69, 9.17) is 4.74 Å². The molecule has 0 heterocycles. The molecule has 0 N–H and O–H groups in total. The number of benzene rings is 1. The van der Waals surface area contributed by atoms with Gasteiger partial charge in [-0.2, -0.15) is 0 Å². The van der Waals surface area contributed by atoms with Gasteiger partial charge in [0.2, 0.25) is 0 Å². The van der Waals surface area contributed by atoms with Crippen LogP contribution in [0, 0.1) is 0 Å². The lowest BCUT2D eigenvalue weighted by Gasteiger charge is -2.10. The third kappa shape index (κ3) is 2.35. The van der Waals surface area contributed by atoms with Gasteiger partial charge in [-0.15, -0.1) is 0 Å². The summed E-state index contributed by atoms with van der Waals surface area (Å²) in [6.07, 6.45) is 0.497. The minimum Gasteiger partial charge on any atom is -0.492 e. The van der Waals surface area contributed by atoms with Gasteiger partial charge in [-0.25, -0.2) is 0 Å². The zero-order valence-corrected chi connectivity index (χ0v) is 9.93. The average molecular weight is 257 g/mol. The van der Waals surface area contributed by atoms with Crippen LogP contribution in [0.15, 0.2) is 22.7 Å². The Balaban J connectivity index is 3.13. The second-order valence-electron chi connectivity index (χ2n) is 2.83. The van der Waals surface area contributed by atoms with Gasteiger partial charge in [-0.3, -0.25) is 4.79 Å². The van der Waals surface area contributed by atoms with Gasteiger partial charge < -0.3 is 4.74 Å². The summed E-state index contributed by atoms with van der Waals surface area (Å²) in [5, 5.41) is 0. The van der Waals surface area contributed by atoms with Crippen LogP contribution in [0.3, 0.4) is 0 Å². The zero-order valence-electron chi connectivity index (χ0n) is 8.34. The minimum absolute atomic E-state index is 0.106. The molecule has 0 spiro atoms. The van der Waals surface area contributed by atoms with Gasteiger partial charge in [0.05, 0.1) is 16.6 Å². The van der Waals surface area contributed by atoms with Crippen LogP contribution in [0.25, 0.3) is 0 Å². The molecule has 0 bridgehead atoms. The molecule has 0 saturated carbocycles. The standard InChI is InChI=1S/C11H13BrO2/c1-3-10(13)8-6-5-7-9(12)11(8)14-4-2/h5-7H,3-4H2,1-2H3. The predicted molar refractivity (Wildman–Crippen MR) is 59.9 cm³/mol. The first-order chi connectivity index (χ1) is 6.70. The van der Waals surface area contributed by atoms with E-state index in [1.165, 1.54) is 0 Å². The summed E-state index contributed by atoms with van der Waals surface area (Å²) in [6, 6.07) is 5.51. The molecule has 0 saturated heterocycles. The first-order valence-corrected chi connectivity index (χ1v) is 5.44. The molecule has 1 aromatic rings. The largest absolute Gasteiger partial charge is 0.492 e. The highest BCUT2D eigenvalue weighted by molar-refractivity contribution is 9.10. The lowest BCUT2D eigenvalue weighted by Crippen LogP contribution is -2.03. The van der Waals surface area contributed by atoms with E-state index < -0.39 is 0 Å². The minimum atomic E-state index is 0.106. The van der Waals surface area contributed by atoms with Gasteiger partial charge >= 0.3 is 0 Å². The zero-order chi connectivity index (χ0) is 10.6. The maximum atomic E-state index is 11.6. The van der Waals surface area contributed by atoms with Gasteiger partial charge in [0.15, 0.2) is 5.78 Å². The molecule has 14 heavy (non-hydrogen) atoms. The van der Waals surface area contributed by atoms with Gasteiger partial charge in [0.25, 0.3) is 0 Å². The van der Waals surface area contributed by atoms with Crippen molar-refractivity contribution in [3.63, 3.8) is 0 Å². The Bertz CT molecular complexity index is 334. The number of hydrogen-bond acceptors (Lipinski definition) is 2. The summed E-state index contributed by atoms with van der Waals surface area (Å²) in [6.45, 7) is 4.31. The maximum absolute atomic E-state index is 11.6. The van der Waals surface area contributed by atoms with E-state index in [1.54, 1.807) is 6.07 Å². The third-order valence-electron chi connectivity index (χ3n) is 1.88. The number of carbonyl (C=O) groups excluding carboxylic acids is 1. The second kappa shape index (κ2) is 5.15. The van der Waals surface area contributed by atoms with E-state index in [0.717, 1.165) is 4.47 Å². The highest BCUT2D eigenvalue weighted by Crippen LogP contribution is 2.29. The Kier molecular flexibility index (Phi) is 4.14. The molecule has 1 rings (SSSR count). The number of para-hydroxylation sites is 1. The van der Waals surface area contributed by atoms with Crippen molar-refractivity contribution in [3.8, 4) is 5.75 Å². The highest BCUT2D eigenvalue weighted by atomic mass is 79.9. The molecule has 0 aromatic heterocycles. The Hall–Kier alpha value is -0.830. The van der Waals surface area contributed by atoms with E-state index in [2.05, 4.69) is 15.9 Å². The Morgan fingerprint density at radius 3 is 2.71 bits per heavy atom. The van der Waals surface area contributed by atoms with Gasteiger partial charge in [0.1, 0.15) is 5.75 Å². The van der Waals surface area contributed by atoms with Crippen LogP contribution in [0.1, 0.15) is 30.6 Å². The SMILES string of the molecule is CCOc1c(Br)cccc1C(=O)CC. The van der Waals surface area contributed by atoms with Crippen molar-refractivity contribution in [2.45, 2.75) is 20.3 Å². The van der Waals surface area contributed by atoms with Crippen molar-refractivity contribution in [1.82, 2.24) is 0 Å². The first-order valence-electron chi connectivity index (χ1n) is 4.65. The summed E-state index contributed by atoms with van der Waals surface area (Å²) in [5.74, 6) is 0.761. The fourth-order valence-electron chi connectivity index (χ4n) is 1.21. The molecule has 0 aliphatic carbocycles. The molecule has 0 amide bonds. The number of Topliss-reactive ketones (excluding diaryl/α,β-unsaturated/α-hetero) is 1. The fraction of sp³-hybridized carbons (Fsp3) is 0.364. The van der Waals surface area contributed by atoms with Crippen LogP contribution in [-0.2, 0) is 0 Å². The number of halogens is 1. The second-order valence-corrected chi connectivity index (χ2v) is 3.68. The molecular formula is C11H13BrO2. The molecule has 3 heteroatoms. The smallest absolute Gasteiger partial charge is 0.166 e. The van der Waals surface area contributed by atoms with Crippen LogP contribution in [-0.4, -0.2) is 12.4 Å². The van der Waals surface area contributed by atoms with Crippen molar-refractivity contribution in [3.05, 3.63) is 28.2 Å². The van der Waals surface area contributed by atoms with Crippen molar-refractivity contribution >= 4 is 21.7 Å². The van der Waals surface area contributed by atoms with Crippen LogP contribution in [0.4, 0.5) is 0 Å². The lowest BCUT2D eigenvalue weighted by atomic mass is 10.1. The first kappa shape index (κ1) is 11.2. The number of hydrogen-bond donors (Lipinski definition) is 0. The molecule has 0 unspecified atom stereocenters. The molecule has 0 radical (unpaired) electrons. The van der Waals surface area contributed by atoms with Crippen LogP contribution in [0.2, 0.25) is 0 Å². The molecule has 0 aliphatic heterocycles. The topological polar surface area (TPSA) is 26.3 Å². The van der Waals surface area contributed by atoms with Crippen LogP contribution in [0.5, 0.6) is 5.75 Å². The molecule has 76 valence electrons. The Labute approximate surface area is 92.4 Å². The molecule has 1 aromatic carbocycles. The normalized spacial score (nSPS) is 9.93. The highest BCUT2D eigenvalue weighted by Gasteiger charge is 2.12. The van der Waals surface area contributed by atoms with Gasteiger partial charge in [-0.05, 0) is 35.0 Å². The summed E-state index contributed by atoms with van der Waals surface area (Å²) in [4.78, 5) is 11.6. The fourth-order valence-corrected chi connectivity index (χ4v) is 1.69. The maximum Gasteiger partial charge on any atom is 0.166 e. The lowest BCUT2D eigenvalue weighted by molar-refractivity contribution is 0.0984. The van der Waals surface area contributed by atoms with E-state index in [-0.39, 0.29) is 5.78 Å². The monoisotopic (exact) mass is 256 g/mol. The number of ketones is 1. The molecule has 0 atom stereocenters. The number of ether oxygens (including phenoxy) is 1. The van der Waals surface area contributed by atoms with Crippen molar-refractivity contribution in [2.24, 2.45) is 0 Å². The van der Waals surface area contributed by atoms with Gasteiger partial charge in [0, 0.05) is 6.42 Å². The van der Waals surface area contributed by atoms with Crippen LogP contribution < -0.4 is 4.74 Å². The molecule has 0 fully saturated rings. The van der Waals surface area contributed by atoms with Crippen molar-refractivity contribution < 1.29 is 9.53 Å². The third-order valence-corrected chi connectivity index (χ3v) is 2.50. The summed E-state index contributed by atoms with van der Waals surface area (Å²) in [7, 11) is 0. The van der Waals surface area contributed by atoms with Gasteiger partial charge in [-0.1, -0.05) is 13.0 Å². The Morgan fingerprint density at radius 1 is 1.43 bits per heavy atom. The summed E-state index contributed by atoms with van der Waals surface area (Å²) >= 11 is 3.37. The van der Waals surface area contributed by atoms with E-state index in [1.807, 2.05) is 26.0 Å². The van der Waals surface area contributed by atoms with Crippen LogP contribution >= 0.6 is 15.9 Å². The van der Waals surface area contributed by atoms with Crippen molar-refractivity contribution in [2.75, 3.05) is 6.61 Å². The summed E-state index contributed by atoms with van der Waals surface area (Å²) < 4.78 is 6.26. The number of rotatable bonds is 4. The molecule has 0 aliphatic rings. The Morgan fingerprint density at radius 2 is 2.14 bits per heavy atom. The van der Waals surface area contributed by atoms with E-state index >= 15 is 0 Å². The van der Waals surface area contributed by atoms with E-state index in [0.29, 0.717) is 24.3 Å². The number of carbonyl (C=O) groups is 1. The average Bonchev–Trinajstić information content (AvgIpc) is 2.20. The quantitative estimate of drug-likeness (QED) is 0.772. The van der Waals surface area contributed by atoms with Crippen molar-refractivity contribution in [1.29, 1.82) is 0 Å². The van der Waals surface area contributed by atoms with E-state index in [9.17, 15) is 4.79 Å². The summed E-state index contributed by atoms with van der Waals surface area (Å²) in [5.41, 5.74) is 0.656.